The largest absolute Gasteiger partial charge is 0.311 e. The van der Waals surface area contributed by atoms with Crippen LogP contribution in [0, 0.1) is 19.3 Å². The molecule has 0 amide bonds. The van der Waals surface area contributed by atoms with E-state index in [9.17, 15) is 0 Å². The maximum Gasteiger partial charge on any atom is 0.0898 e. The second kappa shape index (κ2) is 4.24. The monoisotopic (exact) mass is 180 g/mol. The maximum absolute atomic E-state index is 5.23. The highest BCUT2D eigenvalue weighted by Crippen LogP contribution is 2.17. The van der Waals surface area contributed by atoms with Gasteiger partial charge in [0.15, 0.2) is 0 Å². The van der Waals surface area contributed by atoms with Gasteiger partial charge in [-0.2, -0.15) is 0 Å². The molecule has 1 atom stereocenters. The SMILES string of the molecule is C#CCC(NC)c1csc(C)n1. The Morgan fingerprint density at radius 3 is 3.00 bits per heavy atom. The highest BCUT2D eigenvalue weighted by molar-refractivity contribution is 7.09. The number of aromatic nitrogens is 1. The molecule has 12 heavy (non-hydrogen) atoms. The van der Waals surface area contributed by atoms with Crippen LogP contribution in [0.5, 0.6) is 0 Å². The van der Waals surface area contributed by atoms with Gasteiger partial charge in [-0.15, -0.1) is 23.7 Å². The molecule has 3 heteroatoms. The van der Waals surface area contributed by atoms with Crippen molar-refractivity contribution in [2.45, 2.75) is 19.4 Å². The van der Waals surface area contributed by atoms with Crippen molar-refractivity contribution in [2.24, 2.45) is 0 Å². The minimum absolute atomic E-state index is 0.208. The van der Waals surface area contributed by atoms with Gasteiger partial charge in [-0.3, -0.25) is 0 Å². The summed E-state index contributed by atoms with van der Waals surface area (Å²) in [5.74, 6) is 2.63. The van der Waals surface area contributed by atoms with E-state index < -0.39 is 0 Å². The van der Waals surface area contributed by atoms with E-state index in [4.69, 9.17) is 6.42 Å². The first kappa shape index (κ1) is 9.24. The van der Waals surface area contributed by atoms with Gasteiger partial charge >= 0.3 is 0 Å². The molecule has 0 bridgehead atoms. The number of rotatable bonds is 3. The number of hydrogen-bond donors (Lipinski definition) is 1. The van der Waals surface area contributed by atoms with Gasteiger partial charge in [0.1, 0.15) is 0 Å². The molecule has 1 aromatic heterocycles. The predicted molar refractivity (Wildman–Crippen MR) is 52.1 cm³/mol. The second-order valence-corrected chi connectivity index (χ2v) is 3.60. The highest BCUT2D eigenvalue weighted by Gasteiger charge is 2.09. The molecule has 0 aromatic carbocycles. The summed E-state index contributed by atoms with van der Waals surface area (Å²) in [4.78, 5) is 4.36. The number of terminal acetylenes is 1. The van der Waals surface area contributed by atoms with Crippen molar-refractivity contribution in [1.82, 2.24) is 10.3 Å². The molecule has 1 N–H and O–H groups in total. The van der Waals surface area contributed by atoms with Gasteiger partial charge in [-0.25, -0.2) is 4.98 Å². The Morgan fingerprint density at radius 1 is 1.83 bits per heavy atom. The summed E-state index contributed by atoms with van der Waals surface area (Å²) in [5, 5.41) is 6.27. The van der Waals surface area contributed by atoms with Crippen LogP contribution >= 0.6 is 11.3 Å². The van der Waals surface area contributed by atoms with Gasteiger partial charge in [0, 0.05) is 11.8 Å². The van der Waals surface area contributed by atoms with Crippen LogP contribution in [0.4, 0.5) is 0 Å². The van der Waals surface area contributed by atoms with Gasteiger partial charge in [0.2, 0.25) is 0 Å². The van der Waals surface area contributed by atoms with Crippen LogP contribution in [0.25, 0.3) is 0 Å². The topological polar surface area (TPSA) is 24.9 Å². The molecular formula is C9H12N2S. The van der Waals surface area contributed by atoms with E-state index in [0.717, 1.165) is 10.7 Å². The lowest BCUT2D eigenvalue weighted by molar-refractivity contribution is 0.597. The minimum atomic E-state index is 0.208. The summed E-state index contributed by atoms with van der Waals surface area (Å²) in [6.07, 6.45) is 5.93. The Kier molecular flexibility index (Phi) is 3.27. The Labute approximate surface area is 77.0 Å². The highest BCUT2D eigenvalue weighted by atomic mass is 32.1. The van der Waals surface area contributed by atoms with Crippen LogP contribution < -0.4 is 5.32 Å². The zero-order valence-electron chi connectivity index (χ0n) is 7.29. The predicted octanol–water partition coefficient (Wildman–Crippen LogP) is 1.74. The lowest BCUT2D eigenvalue weighted by atomic mass is 10.2. The fraction of sp³-hybridized carbons (Fsp3) is 0.444. The molecule has 0 saturated carbocycles. The fourth-order valence-corrected chi connectivity index (χ4v) is 1.68. The summed E-state index contributed by atoms with van der Waals surface area (Å²) in [5.41, 5.74) is 1.05. The molecule has 1 aromatic rings. The second-order valence-electron chi connectivity index (χ2n) is 2.54. The molecule has 2 nitrogen and oxygen atoms in total. The first-order chi connectivity index (χ1) is 5.77. The summed E-state index contributed by atoms with van der Waals surface area (Å²) in [6, 6.07) is 0.208. The molecule has 0 spiro atoms. The van der Waals surface area contributed by atoms with Gasteiger partial charge in [0.25, 0.3) is 0 Å². The summed E-state index contributed by atoms with van der Waals surface area (Å²) in [6.45, 7) is 2.00. The summed E-state index contributed by atoms with van der Waals surface area (Å²) >= 11 is 1.65. The van der Waals surface area contributed by atoms with Crippen LogP contribution in [0.1, 0.15) is 23.2 Å². The smallest absolute Gasteiger partial charge is 0.0898 e. The summed E-state index contributed by atoms with van der Waals surface area (Å²) in [7, 11) is 1.90. The van der Waals surface area contributed by atoms with Crippen molar-refractivity contribution in [3.05, 3.63) is 16.1 Å². The van der Waals surface area contributed by atoms with Crippen LogP contribution in [0.2, 0.25) is 0 Å². The number of hydrogen-bond acceptors (Lipinski definition) is 3. The molecule has 1 heterocycles. The lowest BCUT2D eigenvalue weighted by Crippen LogP contribution is -2.15. The van der Waals surface area contributed by atoms with Crippen LogP contribution in [-0.2, 0) is 0 Å². The van der Waals surface area contributed by atoms with E-state index in [-0.39, 0.29) is 6.04 Å². The van der Waals surface area contributed by atoms with E-state index in [2.05, 4.69) is 16.2 Å². The van der Waals surface area contributed by atoms with E-state index in [1.165, 1.54) is 0 Å². The average Bonchev–Trinajstić information content (AvgIpc) is 2.47. The third-order valence-electron chi connectivity index (χ3n) is 1.66. The third kappa shape index (κ3) is 2.07. The van der Waals surface area contributed by atoms with Crippen molar-refractivity contribution in [3.63, 3.8) is 0 Å². The quantitative estimate of drug-likeness (QED) is 0.717. The van der Waals surface area contributed by atoms with Crippen LogP contribution in [-0.4, -0.2) is 12.0 Å². The van der Waals surface area contributed by atoms with E-state index in [1.54, 1.807) is 11.3 Å². The Bertz CT molecular complexity index is 285. The zero-order chi connectivity index (χ0) is 8.97. The van der Waals surface area contributed by atoms with Crippen LogP contribution in [0.15, 0.2) is 5.38 Å². The lowest BCUT2D eigenvalue weighted by Gasteiger charge is -2.08. The van der Waals surface area contributed by atoms with Crippen molar-refractivity contribution >= 4 is 11.3 Å². The normalized spacial score (nSPS) is 12.4. The van der Waals surface area contributed by atoms with Gasteiger partial charge < -0.3 is 5.32 Å². The number of nitrogens with one attached hydrogen (secondary N) is 1. The van der Waals surface area contributed by atoms with Gasteiger partial charge in [-0.1, -0.05) is 0 Å². The number of thiazole rings is 1. The molecule has 0 aliphatic heterocycles. The molecule has 0 aliphatic carbocycles. The Balaban J connectivity index is 2.74. The standard InChI is InChI=1S/C9H12N2S/c1-4-5-8(10-3)9-6-12-7(2)11-9/h1,6,8,10H,5H2,2-3H3. The maximum atomic E-state index is 5.23. The molecule has 0 saturated heterocycles. The molecule has 1 rings (SSSR count). The number of aryl methyl sites for hydroxylation is 1. The van der Waals surface area contributed by atoms with Gasteiger partial charge in [0.05, 0.1) is 16.7 Å². The van der Waals surface area contributed by atoms with E-state index >= 15 is 0 Å². The summed E-state index contributed by atoms with van der Waals surface area (Å²) < 4.78 is 0. The number of nitrogens with zero attached hydrogens (tertiary/aromatic N) is 1. The minimum Gasteiger partial charge on any atom is -0.311 e. The van der Waals surface area contributed by atoms with Crippen molar-refractivity contribution in [1.29, 1.82) is 0 Å². The first-order valence-electron chi connectivity index (χ1n) is 3.80. The zero-order valence-corrected chi connectivity index (χ0v) is 8.11. The Hall–Kier alpha value is -0.850. The molecule has 64 valence electrons. The van der Waals surface area contributed by atoms with E-state index in [0.29, 0.717) is 6.42 Å². The Morgan fingerprint density at radius 2 is 2.58 bits per heavy atom. The average molecular weight is 180 g/mol. The van der Waals surface area contributed by atoms with E-state index in [1.807, 2.05) is 19.4 Å². The van der Waals surface area contributed by atoms with Crippen molar-refractivity contribution in [3.8, 4) is 12.3 Å². The third-order valence-corrected chi connectivity index (χ3v) is 2.46. The van der Waals surface area contributed by atoms with Crippen molar-refractivity contribution in [2.75, 3.05) is 7.05 Å². The molecule has 0 aliphatic rings. The molecular weight excluding hydrogens is 168 g/mol. The molecule has 0 fully saturated rings. The first-order valence-corrected chi connectivity index (χ1v) is 4.68. The van der Waals surface area contributed by atoms with Crippen molar-refractivity contribution < 1.29 is 0 Å². The molecule has 0 radical (unpaired) electrons. The molecule has 1 unspecified atom stereocenters. The fourth-order valence-electron chi connectivity index (χ4n) is 1.01. The van der Waals surface area contributed by atoms with Gasteiger partial charge in [-0.05, 0) is 14.0 Å². The van der Waals surface area contributed by atoms with Crippen LogP contribution in [0.3, 0.4) is 0 Å².